The summed E-state index contributed by atoms with van der Waals surface area (Å²) >= 11 is 0. The predicted molar refractivity (Wildman–Crippen MR) is 64.8 cm³/mol. The second kappa shape index (κ2) is 5.36. The fourth-order valence-electron chi connectivity index (χ4n) is 1.72. The number of halogens is 3. The average Bonchev–Trinajstić information content (AvgIpc) is 2.35. The van der Waals surface area contributed by atoms with E-state index >= 15 is 0 Å². The van der Waals surface area contributed by atoms with Gasteiger partial charge in [0.1, 0.15) is 0 Å². The van der Waals surface area contributed by atoms with E-state index in [0.717, 1.165) is 12.1 Å². The first-order valence-electron chi connectivity index (χ1n) is 5.65. The lowest BCUT2D eigenvalue weighted by atomic mass is 10.2. The van der Waals surface area contributed by atoms with E-state index in [1.807, 2.05) is 0 Å². The predicted octanol–water partition coefficient (Wildman–Crippen LogP) is 2.59. The molecule has 0 saturated heterocycles. The molecule has 3 nitrogen and oxygen atoms in total. The number of hydrogen-bond acceptors (Lipinski definition) is 3. The molecule has 1 aromatic carbocycles. The lowest BCUT2D eigenvalue weighted by Crippen LogP contribution is -2.09. The third-order valence-corrected chi connectivity index (χ3v) is 2.51. The Balaban J connectivity index is 2.52. The third-order valence-electron chi connectivity index (χ3n) is 2.51. The molecule has 0 unspecified atom stereocenters. The van der Waals surface area contributed by atoms with Crippen molar-refractivity contribution in [1.82, 2.24) is 15.3 Å². The first kappa shape index (κ1) is 13.5. The summed E-state index contributed by atoms with van der Waals surface area (Å²) in [6.45, 7) is 2.25. The molecule has 0 aliphatic rings. The Kier molecular flexibility index (Phi) is 3.80. The van der Waals surface area contributed by atoms with Crippen LogP contribution in [-0.2, 0) is 6.54 Å². The quantitative estimate of drug-likeness (QED) is 0.869. The minimum atomic E-state index is -1.49. The van der Waals surface area contributed by atoms with Crippen molar-refractivity contribution in [2.24, 2.45) is 0 Å². The van der Waals surface area contributed by atoms with Gasteiger partial charge in [-0.05, 0) is 32.2 Å². The van der Waals surface area contributed by atoms with Crippen LogP contribution in [-0.4, -0.2) is 17.0 Å². The highest BCUT2D eigenvalue weighted by Crippen LogP contribution is 2.21. The highest BCUT2D eigenvalue weighted by Gasteiger charge is 2.13. The molecule has 0 bridgehead atoms. The van der Waals surface area contributed by atoms with E-state index in [2.05, 4.69) is 15.3 Å². The number of benzene rings is 1. The van der Waals surface area contributed by atoms with Crippen LogP contribution in [0, 0.1) is 24.4 Å². The van der Waals surface area contributed by atoms with Gasteiger partial charge >= 0.3 is 0 Å². The number of nitrogens with zero attached hydrogens (tertiary/aromatic N) is 2. The molecule has 2 rings (SSSR count). The zero-order valence-electron chi connectivity index (χ0n) is 10.5. The second-order valence-electron chi connectivity index (χ2n) is 4.11. The van der Waals surface area contributed by atoms with Crippen LogP contribution in [0.15, 0.2) is 18.2 Å². The fourth-order valence-corrected chi connectivity index (χ4v) is 1.72. The molecule has 2 aromatic rings. The van der Waals surface area contributed by atoms with E-state index < -0.39 is 17.5 Å². The lowest BCUT2D eigenvalue weighted by molar-refractivity contribution is 0.447. The Hall–Kier alpha value is -1.95. The molecular formula is C13H12F3N3. The van der Waals surface area contributed by atoms with Gasteiger partial charge in [0, 0.05) is 17.8 Å². The van der Waals surface area contributed by atoms with Crippen molar-refractivity contribution in [3.05, 3.63) is 47.0 Å². The first-order chi connectivity index (χ1) is 9.01. The minimum absolute atomic E-state index is 0.109. The molecule has 1 aromatic heterocycles. The zero-order valence-corrected chi connectivity index (χ0v) is 10.5. The molecule has 0 aliphatic carbocycles. The van der Waals surface area contributed by atoms with Crippen molar-refractivity contribution in [1.29, 1.82) is 0 Å². The van der Waals surface area contributed by atoms with Crippen molar-refractivity contribution >= 4 is 0 Å². The second-order valence-corrected chi connectivity index (χ2v) is 4.11. The fraction of sp³-hybridized carbons (Fsp3) is 0.231. The summed E-state index contributed by atoms with van der Waals surface area (Å²) in [5.41, 5.74) is 1.47. The highest BCUT2D eigenvalue weighted by atomic mass is 19.2. The van der Waals surface area contributed by atoms with Crippen molar-refractivity contribution in [2.45, 2.75) is 13.5 Å². The molecule has 19 heavy (non-hydrogen) atoms. The molecule has 0 atom stereocenters. The van der Waals surface area contributed by atoms with Crippen LogP contribution >= 0.6 is 0 Å². The number of nitrogens with one attached hydrogen (secondary N) is 1. The van der Waals surface area contributed by atoms with Crippen molar-refractivity contribution in [3.8, 4) is 11.4 Å². The summed E-state index contributed by atoms with van der Waals surface area (Å²) in [6.07, 6.45) is 0. The van der Waals surface area contributed by atoms with Gasteiger partial charge in [-0.3, -0.25) is 0 Å². The van der Waals surface area contributed by atoms with E-state index in [-0.39, 0.29) is 11.4 Å². The van der Waals surface area contributed by atoms with Crippen LogP contribution in [0.2, 0.25) is 0 Å². The van der Waals surface area contributed by atoms with Crippen LogP contribution in [0.3, 0.4) is 0 Å². The summed E-state index contributed by atoms with van der Waals surface area (Å²) < 4.78 is 39.3. The van der Waals surface area contributed by atoms with Crippen LogP contribution in [0.4, 0.5) is 13.2 Å². The largest absolute Gasteiger partial charge is 0.314 e. The highest BCUT2D eigenvalue weighted by molar-refractivity contribution is 5.55. The van der Waals surface area contributed by atoms with Crippen LogP contribution in [0.1, 0.15) is 11.4 Å². The standard InChI is InChI=1S/C13H12F3N3/c1-7-3-9(6-17-2)19-13(18-7)8-4-10(14)12(16)11(15)5-8/h3-5,17H,6H2,1-2H3. The molecule has 6 heteroatoms. The summed E-state index contributed by atoms with van der Waals surface area (Å²) in [7, 11) is 1.76. The minimum Gasteiger partial charge on any atom is -0.314 e. The van der Waals surface area contributed by atoms with E-state index in [4.69, 9.17) is 0 Å². The van der Waals surface area contributed by atoms with E-state index in [0.29, 0.717) is 17.9 Å². The topological polar surface area (TPSA) is 37.8 Å². The number of aryl methyl sites for hydroxylation is 1. The molecule has 0 saturated carbocycles. The van der Waals surface area contributed by atoms with Gasteiger partial charge in [-0.15, -0.1) is 0 Å². The van der Waals surface area contributed by atoms with Crippen LogP contribution in [0.25, 0.3) is 11.4 Å². The SMILES string of the molecule is CNCc1cc(C)nc(-c2cc(F)c(F)c(F)c2)n1. The molecule has 1 N–H and O–H groups in total. The van der Waals surface area contributed by atoms with E-state index in [1.54, 1.807) is 20.0 Å². The van der Waals surface area contributed by atoms with Gasteiger partial charge in [-0.1, -0.05) is 0 Å². The van der Waals surface area contributed by atoms with Gasteiger partial charge in [0.05, 0.1) is 5.69 Å². The smallest absolute Gasteiger partial charge is 0.194 e. The summed E-state index contributed by atoms with van der Waals surface area (Å²) in [6, 6.07) is 3.53. The Morgan fingerprint density at radius 1 is 1.05 bits per heavy atom. The van der Waals surface area contributed by atoms with Gasteiger partial charge < -0.3 is 5.32 Å². The van der Waals surface area contributed by atoms with Gasteiger partial charge in [0.25, 0.3) is 0 Å². The van der Waals surface area contributed by atoms with Gasteiger partial charge in [0.2, 0.25) is 0 Å². The molecule has 100 valence electrons. The molecule has 0 aliphatic heterocycles. The number of hydrogen-bond donors (Lipinski definition) is 1. The maximum Gasteiger partial charge on any atom is 0.194 e. The Bertz CT molecular complexity index is 591. The van der Waals surface area contributed by atoms with Gasteiger partial charge in [-0.2, -0.15) is 0 Å². The first-order valence-corrected chi connectivity index (χ1v) is 5.65. The van der Waals surface area contributed by atoms with Gasteiger partial charge in [0.15, 0.2) is 23.3 Å². The molecule has 1 heterocycles. The number of rotatable bonds is 3. The maximum atomic E-state index is 13.2. The Labute approximate surface area is 108 Å². The van der Waals surface area contributed by atoms with E-state index in [1.165, 1.54) is 0 Å². The van der Waals surface area contributed by atoms with Crippen molar-refractivity contribution in [2.75, 3.05) is 7.05 Å². The van der Waals surface area contributed by atoms with Crippen LogP contribution in [0.5, 0.6) is 0 Å². The molecular weight excluding hydrogens is 255 g/mol. The van der Waals surface area contributed by atoms with Crippen LogP contribution < -0.4 is 5.32 Å². The molecule has 0 amide bonds. The molecule has 0 radical (unpaired) electrons. The average molecular weight is 267 g/mol. The Morgan fingerprint density at radius 2 is 1.68 bits per heavy atom. The van der Waals surface area contributed by atoms with Gasteiger partial charge in [-0.25, -0.2) is 23.1 Å². The maximum absolute atomic E-state index is 13.2. The lowest BCUT2D eigenvalue weighted by Gasteiger charge is -2.06. The summed E-state index contributed by atoms with van der Waals surface area (Å²) in [5.74, 6) is -3.83. The summed E-state index contributed by atoms with van der Waals surface area (Å²) in [5, 5.41) is 2.92. The summed E-state index contributed by atoms with van der Waals surface area (Å²) in [4.78, 5) is 8.28. The Morgan fingerprint density at radius 3 is 2.26 bits per heavy atom. The zero-order chi connectivity index (χ0) is 14.0. The molecule has 0 spiro atoms. The number of aromatic nitrogens is 2. The van der Waals surface area contributed by atoms with E-state index in [9.17, 15) is 13.2 Å². The normalized spacial score (nSPS) is 10.8. The monoisotopic (exact) mass is 267 g/mol. The third kappa shape index (κ3) is 2.90. The van der Waals surface area contributed by atoms with Crippen molar-refractivity contribution < 1.29 is 13.2 Å². The molecule has 0 fully saturated rings. The van der Waals surface area contributed by atoms with Crippen molar-refractivity contribution in [3.63, 3.8) is 0 Å².